The summed E-state index contributed by atoms with van der Waals surface area (Å²) in [6, 6.07) is 7.09. The van der Waals surface area contributed by atoms with Crippen LogP contribution in [0, 0.1) is 0 Å². The van der Waals surface area contributed by atoms with Crippen LogP contribution in [-0.4, -0.2) is 24.7 Å². The summed E-state index contributed by atoms with van der Waals surface area (Å²) in [6.45, 7) is 1.73. The molecule has 19 heavy (non-hydrogen) atoms. The molecule has 1 atom stereocenters. The second-order valence-electron chi connectivity index (χ2n) is 3.74. The molecule has 0 amide bonds. The summed E-state index contributed by atoms with van der Waals surface area (Å²) in [5.74, 6) is -5.04. The van der Waals surface area contributed by atoms with Gasteiger partial charge in [-0.15, -0.1) is 5.10 Å². The second kappa shape index (κ2) is 5.21. The molecule has 5 nitrogen and oxygen atoms in total. The van der Waals surface area contributed by atoms with Gasteiger partial charge in [-0.2, -0.15) is 8.78 Å². The van der Waals surface area contributed by atoms with Crippen molar-refractivity contribution in [1.82, 2.24) is 5.43 Å². The minimum atomic E-state index is -3.41. The van der Waals surface area contributed by atoms with Gasteiger partial charge in [0.15, 0.2) is 0 Å². The molecule has 0 fully saturated rings. The van der Waals surface area contributed by atoms with Gasteiger partial charge in [-0.25, -0.2) is 4.79 Å². The molecule has 1 aliphatic heterocycles. The third-order valence-corrected chi connectivity index (χ3v) is 2.42. The topological polar surface area (TPSA) is 59.9 Å². The first-order valence-corrected chi connectivity index (χ1v) is 5.66. The number of nitrogens with one attached hydrogen (secondary N) is 1. The van der Waals surface area contributed by atoms with Gasteiger partial charge in [0.25, 0.3) is 12.1 Å². The van der Waals surface area contributed by atoms with Gasteiger partial charge in [-0.3, -0.25) is 5.43 Å². The number of esters is 1. The molecule has 1 heterocycles. The number of nitrogens with zero attached hydrogens (tertiary/aromatic N) is 1. The standard InChI is InChI=1S/C12H12F2N2O3/c1-2-18-10(17)9-15-16-11(19-9)12(13,14)8-6-4-3-5-7-8/h3-7,9,15H,2H2,1H3. The molecule has 1 aliphatic rings. The second-order valence-corrected chi connectivity index (χ2v) is 3.74. The Morgan fingerprint density at radius 3 is 2.79 bits per heavy atom. The Labute approximate surface area is 108 Å². The highest BCUT2D eigenvalue weighted by Crippen LogP contribution is 2.31. The van der Waals surface area contributed by atoms with Gasteiger partial charge < -0.3 is 9.47 Å². The lowest BCUT2D eigenvalue weighted by molar-refractivity contribution is -0.153. The number of hydrogen-bond donors (Lipinski definition) is 1. The number of benzene rings is 1. The summed E-state index contributed by atoms with van der Waals surface area (Å²) in [5, 5.41) is 3.36. The van der Waals surface area contributed by atoms with E-state index in [1.807, 2.05) is 0 Å². The number of carbonyl (C=O) groups excluding carboxylic acids is 1. The quantitative estimate of drug-likeness (QED) is 0.844. The van der Waals surface area contributed by atoms with Crippen molar-refractivity contribution >= 4 is 11.9 Å². The van der Waals surface area contributed by atoms with Gasteiger partial charge in [0.2, 0.25) is 0 Å². The number of alkyl halides is 2. The molecule has 1 aromatic carbocycles. The van der Waals surface area contributed by atoms with Gasteiger partial charge in [-0.1, -0.05) is 30.3 Å². The molecule has 0 aromatic heterocycles. The number of rotatable bonds is 4. The Morgan fingerprint density at radius 2 is 2.16 bits per heavy atom. The van der Waals surface area contributed by atoms with E-state index in [4.69, 9.17) is 4.74 Å². The van der Waals surface area contributed by atoms with E-state index >= 15 is 0 Å². The van der Waals surface area contributed by atoms with Crippen LogP contribution in [0.2, 0.25) is 0 Å². The summed E-state index contributed by atoms with van der Waals surface area (Å²) in [5.41, 5.74) is 1.91. The summed E-state index contributed by atoms with van der Waals surface area (Å²) in [7, 11) is 0. The minimum Gasteiger partial charge on any atom is -0.462 e. The highest BCUT2D eigenvalue weighted by Gasteiger charge is 2.45. The molecule has 0 saturated heterocycles. The summed E-state index contributed by atoms with van der Waals surface area (Å²) < 4.78 is 37.5. The maximum Gasteiger partial charge on any atom is 0.370 e. The summed E-state index contributed by atoms with van der Waals surface area (Å²) in [6.07, 6.45) is -1.33. The predicted octanol–water partition coefficient (Wildman–Crippen LogP) is 1.60. The van der Waals surface area contributed by atoms with Crippen molar-refractivity contribution < 1.29 is 23.0 Å². The minimum absolute atomic E-state index is 0.130. The average Bonchev–Trinajstić information content (AvgIpc) is 2.90. The Morgan fingerprint density at radius 1 is 1.47 bits per heavy atom. The Hall–Kier alpha value is -2.18. The predicted molar refractivity (Wildman–Crippen MR) is 62.4 cm³/mol. The molecule has 0 bridgehead atoms. The zero-order valence-corrected chi connectivity index (χ0v) is 10.1. The van der Waals surface area contributed by atoms with Crippen molar-refractivity contribution in [3.05, 3.63) is 35.9 Å². The van der Waals surface area contributed by atoms with Crippen molar-refractivity contribution in [2.45, 2.75) is 19.1 Å². The van der Waals surface area contributed by atoms with Crippen molar-refractivity contribution in [2.75, 3.05) is 6.61 Å². The average molecular weight is 270 g/mol. The Kier molecular flexibility index (Phi) is 3.64. The molecule has 7 heteroatoms. The largest absolute Gasteiger partial charge is 0.462 e. The zero-order valence-electron chi connectivity index (χ0n) is 10.1. The first-order valence-electron chi connectivity index (χ1n) is 5.66. The van der Waals surface area contributed by atoms with Crippen molar-refractivity contribution in [2.24, 2.45) is 5.10 Å². The monoisotopic (exact) mass is 270 g/mol. The molecular formula is C12H12F2N2O3. The van der Waals surface area contributed by atoms with Crippen LogP contribution in [0.5, 0.6) is 0 Å². The van der Waals surface area contributed by atoms with Crippen LogP contribution in [0.25, 0.3) is 0 Å². The van der Waals surface area contributed by atoms with Crippen LogP contribution in [0.4, 0.5) is 8.78 Å². The van der Waals surface area contributed by atoms with Crippen LogP contribution < -0.4 is 5.43 Å². The molecule has 1 N–H and O–H groups in total. The number of hydrogen-bond acceptors (Lipinski definition) is 5. The van der Waals surface area contributed by atoms with E-state index in [9.17, 15) is 13.6 Å². The third-order valence-electron chi connectivity index (χ3n) is 2.42. The molecule has 1 unspecified atom stereocenters. The molecule has 2 rings (SSSR count). The number of halogens is 2. The summed E-state index contributed by atoms with van der Waals surface area (Å²) in [4.78, 5) is 11.3. The van der Waals surface area contributed by atoms with E-state index in [1.165, 1.54) is 24.3 Å². The molecule has 1 aromatic rings. The van der Waals surface area contributed by atoms with E-state index in [1.54, 1.807) is 13.0 Å². The summed E-state index contributed by atoms with van der Waals surface area (Å²) >= 11 is 0. The van der Waals surface area contributed by atoms with E-state index in [-0.39, 0.29) is 12.2 Å². The van der Waals surface area contributed by atoms with Crippen LogP contribution in [0.15, 0.2) is 35.4 Å². The van der Waals surface area contributed by atoms with Gasteiger partial charge in [0.1, 0.15) is 0 Å². The van der Waals surface area contributed by atoms with E-state index in [0.29, 0.717) is 0 Å². The molecule has 102 valence electrons. The smallest absolute Gasteiger partial charge is 0.370 e. The van der Waals surface area contributed by atoms with Crippen LogP contribution in [-0.2, 0) is 20.2 Å². The van der Waals surface area contributed by atoms with E-state index in [0.717, 1.165) is 0 Å². The maximum atomic E-state index is 14.0. The fraction of sp³-hybridized carbons (Fsp3) is 0.333. The van der Waals surface area contributed by atoms with E-state index in [2.05, 4.69) is 15.3 Å². The number of carbonyl (C=O) groups is 1. The van der Waals surface area contributed by atoms with Crippen molar-refractivity contribution in [3.8, 4) is 0 Å². The first kappa shape index (κ1) is 13.3. The lowest BCUT2D eigenvalue weighted by atomic mass is 10.1. The molecule has 0 aliphatic carbocycles. The molecular weight excluding hydrogens is 258 g/mol. The maximum absolute atomic E-state index is 14.0. The van der Waals surface area contributed by atoms with Crippen LogP contribution in [0.3, 0.4) is 0 Å². The van der Waals surface area contributed by atoms with Crippen LogP contribution in [0.1, 0.15) is 12.5 Å². The lowest BCUT2D eigenvalue weighted by Crippen LogP contribution is -2.35. The van der Waals surface area contributed by atoms with Crippen molar-refractivity contribution in [3.63, 3.8) is 0 Å². The number of ether oxygens (including phenoxy) is 2. The van der Waals surface area contributed by atoms with E-state index < -0.39 is 24.0 Å². The Balaban J connectivity index is 2.10. The zero-order chi connectivity index (χ0) is 13.9. The van der Waals surface area contributed by atoms with Gasteiger partial charge >= 0.3 is 11.9 Å². The SMILES string of the molecule is CCOC(=O)C1NN=C(C(F)(F)c2ccccc2)O1. The lowest BCUT2D eigenvalue weighted by Gasteiger charge is -2.16. The molecule has 0 saturated carbocycles. The van der Waals surface area contributed by atoms with Gasteiger partial charge in [0, 0.05) is 5.56 Å². The number of hydrazone groups is 1. The fourth-order valence-electron chi connectivity index (χ4n) is 1.52. The van der Waals surface area contributed by atoms with Crippen LogP contribution >= 0.6 is 0 Å². The van der Waals surface area contributed by atoms with Crippen molar-refractivity contribution in [1.29, 1.82) is 0 Å². The highest BCUT2D eigenvalue weighted by atomic mass is 19.3. The molecule has 0 spiro atoms. The normalized spacial score (nSPS) is 18.3. The third kappa shape index (κ3) is 2.64. The Bertz CT molecular complexity index is 491. The van der Waals surface area contributed by atoms with Gasteiger partial charge in [0.05, 0.1) is 6.61 Å². The first-order chi connectivity index (χ1) is 9.05. The van der Waals surface area contributed by atoms with Gasteiger partial charge in [-0.05, 0) is 6.92 Å². The fourth-order valence-corrected chi connectivity index (χ4v) is 1.52. The highest BCUT2D eigenvalue weighted by molar-refractivity contribution is 5.89. The molecule has 0 radical (unpaired) electrons.